The molecule has 2 spiro atoms. The minimum Gasteiger partial charge on any atom is -0.547 e. The van der Waals surface area contributed by atoms with Crippen LogP contribution in [0.25, 0.3) is 0 Å². The minimum atomic E-state index is -1.73. The largest absolute Gasteiger partial charge is 0.547 e. The van der Waals surface area contributed by atoms with Crippen molar-refractivity contribution in [1.82, 2.24) is 0 Å². The van der Waals surface area contributed by atoms with Gasteiger partial charge in [0.15, 0.2) is 5.79 Å². The van der Waals surface area contributed by atoms with E-state index in [2.05, 4.69) is 83.7 Å². The van der Waals surface area contributed by atoms with E-state index in [-0.39, 0.29) is 16.2 Å². The molecule has 3 saturated carbocycles. The number of rotatable bonds is 3. The van der Waals surface area contributed by atoms with Gasteiger partial charge in [0.1, 0.15) is 0 Å². The second-order valence-electron chi connectivity index (χ2n) is 17.1. The van der Waals surface area contributed by atoms with Crippen LogP contribution in [0.3, 0.4) is 0 Å². The number of fused-ring (bicyclic) bond motifs is 4. The number of anilines is 1. The zero-order valence-corrected chi connectivity index (χ0v) is 27.8. The SMILES string of the molecule is CN(C)c1ccc2c(c1)C[C@]13CCC4(C[C@]1(O)CC[C@@H]1C3C2C[C@]2(C)C(O[Si](C)(C)C)=CC[C@@H]12)OCC(C)(C)CO4. The second kappa shape index (κ2) is 8.86. The van der Waals surface area contributed by atoms with E-state index in [0.29, 0.717) is 43.3 Å². The minimum absolute atomic E-state index is 0.0249. The van der Waals surface area contributed by atoms with Gasteiger partial charge in [-0.05, 0) is 111 Å². The zero-order valence-electron chi connectivity index (χ0n) is 26.8. The van der Waals surface area contributed by atoms with Gasteiger partial charge in [0.2, 0.25) is 8.32 Å². The molecule has 0 amide bonds. The van der Waals surface area contributed by atoms with Gasteiger partial charge in [-0.1, -0.05) is 26.8 Å². The number of aliphatic hydroxyl groups is 1. The van der Waals surface area contributed by atoms with Crippen LogP contribution in [0.4, 0.5) is 5.69 Å². The lowest BCUT2D eigenvalue weighted by atomic mass is 9.37. The molecule has 6 aliphatic rings. The van der Waals surface area contributed by atoms with Crippen molar-refractivity contribution in [3.8, 4) is 0 Å². The fourth-order valence-corrected chi connectivity index (χ4v) is 11.5. The van der Waals surface area contributed by atoms with Crippen LogP contribution in [0.2, 0.25) is 19.6 Å². The van der Waals surface area contributed by atoms with Crippen molar-refractivity contribution in [2.24, 2.45) is 34.0 Å². The summed E-state index contributed by atoms with van der Waals surface area (Å²) in [5, 5.41) is 13.0. The summed E-state index contributed by atoms with van der Waals surface area (Å²) in [4.78, 5) is 2.22. The summed E-state index contributed by atoms with van der Waals surface area (Å²) >= 11 is 0. The summed E-state index contributed by atoms with van der Waals surface area (Å²) in [6.07, 6.45) is 10.1. The highest BCUT2D eigenvalue weighted by molar-refractivity contribution is 6.70. The fraction of sp³-hybridized carbons (Fsp3) is 0.771. The summed E-state index contributed by atoms with van der Waals surface area (Å²) in [6, 6.07) is 7.19. The molecule has 226 valence electrons. The third-order valence-electron chi connectivity index (χ3n) is 12.4. The van der Waals surface area contributed by atoms with Crippen molar-refractivity contribution >= 4 is 14.0 Å². The molecule has 1 aromatic rings. The topological polar surface area (TPSA) is 51.2 Å². The van der Waals surface area contributed by atoms with Crippen molar-refractivity contribution in [1.29, 1.82) is 0 Å². The summed E-state index contributed by atoms with van der Waals surface area (Å²) < 4.78 is 20.0. The van der Waals surface area contributed by atoms with Gasteiger partial charge < -0.3 is 23.9 Å². The number of hydrogen-bond acceptors (Lipinski definition) is 5. The molecule has 1 saturated heterocycles. The zero-order chi connectivity index (χ0) is 29.2. The van der Waals surface area contributed by atoms with E-state index in [0.717, 1.165) is 44.9 Å². The Morgan fingerprint density at radius 3 is 2.44 bits per heavy atom. The average Bonchev–Trinajstić information content (AvgIpc) is 3.20. The third-order valence-corrected chi connectivity index (χ3v) is 13.2. The van der Waals surface area contributed by atoms with Gasteiger partial charge in [-0.25, -0.2) is 0 Å². The first kappa shape index (κ1) is 28.4. The van der Waals surface area contributed by atoms with E-state index >= 15 is 0 Å². The van der Waals surface area contributed by atoms with Crippen molar-refractivity contribution < 1.29 is 19.0 Å². The van der Waals surface area contributed by atoms with Crippen LogP contribution in [-0.4, -0.2) is 52.1 Å². The molecule has 5 nitrogen and oxygen atoms in total. The van der Waals surface area contributed by atoms with Crippen LogP contribution < -0.4 is 4.90 Å². The molecule has 0 aromatic heterocycles. The molecule has 4 fully saturated rings. The highest BCUT2D eigenvalue weighted by atomic mass is 28.4. The van der Waals surface area contributed by atoms with E-state index in [4.69, 9.17) is 13.9 Å². The third kappa shape index (κ3) is 4.17. The molecule has 0 radical (unpaired) electrons. The van der Waals surface area contributed by atoms with Gasteiger partial charge in [-0.3, -0.25) is 0 Å². The molecule has 6 heteroatoms. The van der Waals surface area contributed by atoms with Crippen LogP contribution in [0, 0.1) is 34.0 Å². The quantitative estimate of drug-likeness (QED) is 0.382. The predicted octanol–water partition coefficient (Wildman–Crippen LogP) is 7.25. The van der Waals surface area contributed by atoms with Crippen molar-refractivity contribution in [3.63, 3.8) is 0 Å². The Morgan fingerprint density at radius 2 is 1.76 bits per heavy atom. The van der Waals surface area contributed by atoms with E-state index in [9.17, 15) is 5.11 Å². The molecule has 2 unspecified atom stereocenters. The molecule has 5 aliphatic carbocycles. The average molecular weight is 580 g/mol. The van der Waals surface area contributed by atoms with E-state index < -0.39 is 19.7 Å². The number of allylic oxidation sites excluding steroid dienone is 2. The Bertz CT molecular complexity index is 1260. The highest BCUT2D eigenvalue weighted by Gasteiger charge is 2.71. The van der Waals surface area contributed by atoms with Gasteiger partial charge in [-0.2, -0.15) is 0 Å². The standard InChI is InChI=1S/C35H53NO4Si/c1-31(2)21-38-35(39-22-31)16-15-33-18-23-17-24(36(4)5)9-10-25(23)27-19-32(3)28(11-12-29(32)40-41(6,7)8)26(30(27)33)13-14-34(33,37)20-35/h9-10,12,17,26-28,30,37H,11,13-16,18-22H2,1-8H3/t26-,27?,28-,30?,32-,33-,34+/m0/s1. The van der Waals surface area contributed by atoms with Gasteiger partial charge in [-0.15, -0.1) is 0 Å². The normalized spacial score (nSPS) is 41.9. The Labute approximate surface area is 249 Å². The molecular formula is C35H53NO4Si. The smallest absolute Gasteiger partial charge is 0.241 e. The molecule has 0 bridgehead atoms. The molecule has 41 heavy (non-hydrogen) atoms. The molecular weight excluding hydrogens is 526 g/mol. The number of hydrogen-bond donors (Lipinski definition) is 1. The van der Waals surface area contributed by atoms with E-state index in [1.54, 1.807) is 0 Å². The monoisotopic (exact) mass is 579 g/mol. The lowest BCUT2D eigenvalue weighted by Gasteiger charge is -2.70. The Morgan fingerprint density at radius 1 is 1.02 bits per heavy atom. The van der Waals surface area contributed by atoms with Crippen LogP contribution in [0.15, 0.2) is 30.0 Å². The van der Waals surface area contributed by atoms with Gasteiger partial charge in [0.25, 0.3) is 0 Å². The summed E-state index contributed by atoms with van der Waals surface area (Å²) in [5.74, 6) is 2.75. The van der Waals surface area contributed by atoms with Gasteiger partial charge in [0, 0.05) is 48.9 Å². The second-order valence-corrected chi connectivity index (χ2v) is 21.5. The molecule has 1 aromatic carbocycles. The highest BCUT2D eigenvalue weighted by Crippen LogP contribution is 2.74. The van der Waals surface area contributed by atoms with Crippen molar-refractivity contribution in [3.05, 3.63) is 41.2 Å². The Hall–Kier alpha value is -1.34. The maximum Gasteiger partial charge on any atom is 0.241 e. The lowest BCUT2D eigenvalue weighted by Crippen LogP contribution is -2.70. The first-order valence-electron chi connectivity index (χ1n) is 16.3. The Balaban J connectivity index is 1.32. The number of benzene rings is 1. The molecule has 1 aliphatic heterocycles. The predicted molar refractivity (Wildman–Crippen MR) is 166 cm³/mol. The lowest BCUT2D eigenvalue weighted by molar-refractivity contribution is -0.357. The van der Waals surface area contributed by atoms with E-state index in [1.807, 2.05) is 0 Å². The van der Waals surface area contributed by atoms with Crippen molar-refractivity contribution in [2.45, 2.75) is 109 Å². The molecule has 1 N–H and O–H groups in total. The van der Waals surface area contributed by atoms with Crippen molar-refractivity contribution in [2.75, 3.05) is 32.2 Å². The van der Waals surface area contributed by atoms with Crippen LogP contribution in [-0.2, 0) is 20.3 Å². The first-order chi connectivity index (χ1) is 19.1. The van der Waals surface area contributed by atoms with Crippen LogP contribution in [0.5, 0.6) is 0 Å². The summed E-state index contributed by atoms with van der Waals surface area (Å²) in [7, 11) is 2.54. The summed E-state index contributed by atoms with van der Waals surface area (Å²) in [5.41, 5.74) is 3.41. The van der Waals surface area contributed by atoms with E-state index in [1.165, 1.54) is 22.6 Å². The molecule has 7 atom stereocenters. The van der Waals surface area contributed by atoms with Crippen LogP contribution in [0.1, 0.15) is 82.8 Å². The summed E-state index contributed by atoms with van der Waals surface area (Å²) in [6.45, 7) is 15.3. The fourth-order valence-electron chi connectivity index (χ4n) is 10.6. The molecule has 7 rings (SSSR count). The number of nitrogens with zero attached hydrogens (tertiary/aromatic N) is 1. The molecule has 1 heterocycles. The maximum atomic E-state index is 13.0. The van der Waals surface area contributed by atoms with Crippen LogP contribution >= 0.6 is 0 Å². The first-order valence-corrected chi connectivity index (χ1v) is 19.7. The van der Waals surface area contributed by atoms with Gasteiger partial charge in [0.05, 0.1) is 24.6 Å². The number of ether oxygens (including phenoxy) is 2. The van der Waals surface area contributed by atoms with Gasteiger partial charge >= 0.3 is 0 Å². The maximum absolute atomic E-state index is 13.0. The Kier molecular flexibility index (Phi) is 6.14.